The fourth-order valence-electron chi connectivity index (χ4n) is 3.13. The number of hydrogen-bond acceptors (Lipinski definition) is 3. The first kappa shape index (κ1) is 17.8. The van der Waals surface area contributed by atoms with Gasteiger partial charge < -0.3 is 4.74 Å². The molecule has 4 rings (SSSR count). The number of nitrogens with zero attached hydrogens (tertiary/aromatic N) is 3. The van der Waals surface area contributed by atoms with Crippen molar-refractivity contribution in [2.75, 3.05) is 0 Å². The molecule has 0 radical (unpaired) electrons. The lowest BCUT2D eigenvalue weighted by molar-refractivity contribution is -0.134. The molecule has 0 unspecified atom stereocenters. The first-order chi connectivity index (χ1) is 12.7. The van der Waals surface area contributed by atoms with E-state index in [1.165, 1.54) is 4.68 Å². The number of benzene rings is 2. The van der Waals surface area contributed by atoms with Gasteiger partial charge in [-0.05, 0) is 35.4 Å². The minimum atomic E-state index is -2.89. The van der Waals surface area contributed by atoms with Crippen LogP contribution in [0, 0.1) is 0 Å². The van der Waals surface area contributed by atoms with Crippen molar-refractivity contribution in [2.24, 2.45) is 0 Å². The van der Waals surface area contributed by atoms with E-state index >= 15 is 0 Å². The van der Waals surface area contributed by atoms with Gasteiger partial charge in [-0.2, -0.15) is 0 Å². The summed E-state index contributed by atoms with van der Waals surface area (Å²) in [5.41, 5.74) is 2.71. The summed E-state index contributed by atoms with van der Waals surface area (Å²) in [4.78, 5) is 0. The highest BCUT2D eigenvalue weighted by molar-refractivity contribution is 5.81. The van der Waals surface area contributed by atoms with Gasteiger partial charge in [-0.25, -0.2) is 22.2 Å². The van der Waals surface area contributed by atoms with Gasteiger partial charge in [0.2, 0.25) is 0 Å². The third-order valence-electron chi connectivity index (χ3n) is 4.48. The van der Waals surface area contributed by atoms with Gasteiger partial charge in [-0.15, -0.1) is 5.10 Å². The highest BCUT2D eigenvalue weighted by atomic mass is 19.3. The third-order valence-corrected chi connectivity index (χ3v) is 4.48. The molecule has 0 bridgehead atoms. The Bertz CT molecular complexity index is 955. The molecule has 3 aromatic rings. The van der Waals surface area contributed by atoms with Crippen molar-refractivity contribution >= 4 is 11.0 Å². The molecule has 1 saturated carbocycles. The van der Waals surface area contributed by atoms with Crippen LogP contribution in [0.25, 0.3) is 22.2 Å². The molecule has 8 heteroatoms. The van der Waals surface area contributed by atoms with E-state index in [-0.39, 0.29) is 12.8 Å². The highest BCUT2D eigenvalue weighted by Gasteiger charge is 2.46. The van der Waals surface area contributed by atoms with E-state index < -0.39 is 24.5 Å². The zero-order valence-corrected chi connectivity index (χ0v) is 14.5. The summed E-state index contributed by atoms with van der Waals surface area (Å²) in [6.45, 7) is 0.285. The van der Waals surface area contributed by atoms with E-state index in [2.05, 4.69) is 10.3 Å². The normalized spacial score (nSPS) is 17.1. The SMILES string of the molecule is CC(F)(F)Cn1nnc2ccc(-c3ccc(OC4CC(F)(F)C4)cc3)cc21. The summed E-state index contributed by atoms with van der Waals surface area (Å²) in [7, 11) is 0. The van der Waals surface area contributed by atoms with Crippen molar-refractivity contribution in [1.82, 2.24) is 15.0 Å². The molecular weight excluding hydrogens is 362 g/mol. The Morgan fingerprint density at radius 2 is 1.78 bits per heavy atom. The maximum absolute atomic E-state index is 13.3. The van der Waals surface area contributed by atoms with Gasteiger partial charge in [-0.3, -0.25) is 0 Å². The predicted octanol–water partition coefficient (Wildman–Crippen LogP) is 4.93. The molecule has 4 nitrogen and oxygen atoms in total. The van der Waals surface area contributed by atoms with E-state index in [9.17, 15) is 17.6 Å². The van der Waals surface area contributed by atoms with Crippen LogP contribution >= 0.6 is 0 Å². The molecule has 0 amide bonds. The molecule has 1 heterocycles. The van der Waals surface area contributed by atoms with Gasteiger partial charge in [0.15, 0.2) is 0 Å². The molecule has 1 aromatic heterocycles. The minimum Gasteiger partial charge on any atom is -0.490 e. The average molecular weight is 379 g/mol. The Balaban J connectivity index is 1.54. The monoisotopic (exact) mass is 379 g/mol. The predicted molar refractivity (Wildman–Crippen MR) is 92.2 cm³/mol. The standard InChI is InChI=1S/C19H17F4N3O/c1-18(20,21)11-26-17-8-13(4-7-16(17)24-25-26)12-2-5-14(6-3-12)27-15-9-19(22,23)10-15/h2-8,15H,9-11H2,1H3. The van der Waals surface area contributed by atoms with Crippen LogP contribution in [0.3, 0.4) is 0 Å². The second-order valence-electron chi connectivity index (χ2n) is 7.05. The topological polar surface area (TPSA) is 39.9 Å². The summed E-state index contributed by atoms with van der Waals surface area (Å²) in [5.74, 6) is -4.99. The van der Waals surface area contributed by atoms with Crippen molar-refractivity contribution in [2.45, 2.75) is 44.3 Å². The Morgan fingerprint density at radius 3 is 2.41 bits per heavy atom. The number of aromatic nitrogens is 3. The fraction of sp³-hybridized carbons (Fsp3) is 0.368. The molecule has 0 aliphatic heterocycles. The molecule has 1 fully saturated rings. The molecule has 142 valence electrons. The van der Waals surface area contributed by atoms with Gasteiger partial charge in [0.05, 0.1) is 5.52 Å². The van der Waals surface area contributed by atoms with E-state index in [1.807, 2.05) is 6.07 Å². The van der Waals surface area contributed by atoms with Gasteiger partial charge in [0.25, 0.3) is 11.8 Å². The van der Waals surface area contributed by atoms with Crippen molar-refractivity contribution in [1.29, 1.82) is 0 Å². The van der Waals surface area contributed by atoms with Crippen LogP contribution < -0.4 is 4.74 Å². The van der Waals surface area contributed by atoms with Crippen molar-refractivity contribution < 1.29 is 22.3 Å². The average Bonchev–Trinajstić information content (AvgIpc) is 2.94. The second-order valence-corrected chi connectivity index (χ2v) is 7.05. The van der Waals surface area contributed by atoms with Crippen LogP contribution in [0.15, 0.2) is 42.5 Å². The highest BCUT2D eigenvalue weighted by Crippen LogP contribution is 2.40. The largest absolute Gasteiger partial charge is 0.490 e. The maximum atomic E-state index is 13.3. The van der Waals surface area contributed by atoms with Crippen molar-refractivity contribution in [3.63, 3.8) is 0 Å². The van der Waals surface area contributed by atoms with E-state index in [0.29, 0.717) is 16.8 Å². The molecule has 0 saturated heterocycles. The Hall–Kier alpha value is -2.64. The number of hydrogen-bond donors (Lipinski definition) is 0. The summed E-state index contributed by atoms with van der Waals surface area (Å²) in [5, 5.41) is 7.71. The molecule has 2 aromatic carbocycles. The van der Waals surface area contributed by atoms with Crippen molar-refractivity contribution in [3.05, 3.63) is 42.5 Å². The summed E-state index contributed by atoms with van der Waals surface area (Å²) < 4.78 is 59.1. The van der Waals surface area contributed by atoms with Crippen LogP contribution in [0.4, 0.5) is 17.6 Å². The first-order valence-electron chi connectivity index (χ1n) is 8.55. The van der Waals surface area contributed by atoms with Crippen molar-refractivity contribution in [3.8, 4) is 16.9 Å². The van der Waals surface area contributed by atoms with Gasteiger partial charge in [-0.1, -0.05) is 23.4 Å². The molecule has 0 atom stereocenters. The zero-order chi connectivity index (χ0) is 19.2. The quantitative estimate of drug-likeness (QED) is 0.590. The smallest absolute Gasteiger partial charge is 0.264 e. The maximum Gasteiger partial charge on any atom is 0.264 e. The number of halogens is 4. The van der Waals surface area contributed by atoms with Crippen LogP contribution in [0.5, 0.6) is 5.75 Å². The van der Waals surface area contributed by atoms with Gasteiger partial charge in [0.1, 0.15) is 23.9 Å². The summed E-state index contributed by atoms with van der Waals surface area (Å²) in [6, 6.07) is 12.3. The minimum absolute atomic E-state index is 0.259. The zero-order valence-electron chi connectivity index (χ0n) is 14.5. The van der Waals surface area contributed by atoms with Crippen LogP contribution in [-0.2, 0) is 6.54 Å². The van der Waals surface area contributed by atoms with E-state index in [0.717, 1.165) is 18.1 Å². The molecule has 1 aliphatic carbocycles. The molecular formula is C19H17F4N3O. The number of alkyl halides is 4. The molecule has 0 spiro atoms. The van der Waals surface area contributed by atoms with Crippen LogP contribution in [-0.4, -0.2) is 32.9 Å². The summed E-state index contributed by atoms with van der Waals surface area (Å²) >= 11 is 0. The lowest BCUT2D eigenvalue weighted by atomic mass is 9.91. The first-order valence-corrected chi connectivity index (χ1v) is 8.55. The summed E-state index contributed by atoms with van der Waals surface area (Å²) in [6.07, 6.45) is -0.979. The van der Waals surface area contributed by atoms with Crippen LogP contribution in [0.2, 0.25) is 0 Å². The lowest BCUT2D eigenvalue weighted by Crippen LogP contribution is -2.43. The number of ether oxygens (including phenoxy) is 1. The fourth-order valence-corrected chi connectivity index (χ4v) is 3.13. The molecule has 1 aliphatic rings. The second kappa shape index (κ2) is 6.21. The Labute approximate surface area is 152 Å². The van der Waals surface area contributed by atoms with Gasteiger partial charge in [0, 0.05) is 19.8 Å². The van der Waals surface area contributed by atoms with E-state index in [4.69, 9.17) is 4.74 Å². The number of rotatable bonds is 5. The van der Waals surface area contributed by atoms with Gasteiger partial charge >= 0.3 is 0 Å². The lowest BCUT2D eigenvalue weighted by Gasteiger charge is -2.34. The molecule has 0 N–H and O–H groups in total. The van der Waals surface area contributed by atoms with Crippen LogP contribution in [0.1, 0.15) is 19.8 Å². The number of fused-ring (bicyclic) bond motifs is 1. The third kappa shape index (κ3) is 3.89. The molecule has 27 heavy (non-hydrogen) atoms. The van der Waals surface area contributed by atoms with E-state index in [1.54, 1.807) is 36.4 Å². The Morgan fingerprint density at radius 1 is 1.11 bits per heavy atom. The Kier molecular flexibility index (Phi) is 4.09.